The van der Waals surface area contributed by atoms with E-state index in [2.05, 4.69) is 41.9 Å². The Morgan fingerprint density at radius 2 is 2.00 bits per heavy atom. The molecular formula is C21H31N3O. The van der Waals surface area contributed by atoms with E-state index in [1.807, 2.05) is 6.07 Å². The highest BCUT2D eigenvalue weighted by Gasteiger charge is 2.20. The average Bonchev–Trinajstić information content (AvgIpc) is 2.96. The van der Waals surface area contributed by atoms with Gasteiger partial charge < -0.3 is 9.88 Å². The van der Waals surface area contributed by atoms with Gasteiger partial charge in [-0.1, -0.05) is 45.2 Å². The number of para-hydroxylation sites is 2. The normalized spacial score (nSPS) is 15.8. The summed E-state index contributed by atoms with van der Waals surface area (Å²) in [5.41, 5.74) is 2.29. The van der Waals surface area contributed by atoms with Crippen molar-refractivity contribution in [1.29, 1.82) is 0 Å². The Balaban J connectivity index is 1.56. The van der Waals surface area contributed by atoms with Crippen molar-refractivity contribution in [2.24, 2.45) is 11.8 Å². The zero-order valence-corrected chi connectivity index (χ0v) is 15.6. The van der Waals surface area contributed by atoms with Crippen molar-refractivity contribution in [3.63, 3.8) is 0 Å². The van der Waals surface area contributed by atoms with E-state index >= 15 is 0 Å². The van der Waals surface area contributed by atoms with Crippen LogP contribution in [0, 0.1) is 11.8 Å². The zero-order valence-electron chi connectivity index (χ0n) is 15.6. The molecule has 2 aromatic rings. The molecule has 1 saturated carbocycles. The van der Waals surface area contributed by atoms with Gasteiger partial charge in [0, 0.05) is 25.4 Å². The fourth-order valence-electron chi connectivity index (χ4n) is 3.85. The van der Waals surface area contributed by atoms with Gasteiger partial charge in [-0.2, -0.15) is 0 Å². The van der Waals surface area contributed by atoms with Crippen LogP contribution < -0.4 is 5.32 Å². The van der Waals surface area contributed by atoms with Crippen LogP contribution in [0.15, 0.2) is 24.3 Å². The number of fused-ring (bicyclic) bond motifs is 1. The third-order valence-corrected chi connectivity index (χ3v) is 5.13. The maximum absolute atomic E-state index is 12.2. The lowest BCUT2D eigenvalue weighted by Crippen LogP contribution is -2.32. The molecule has 0 radical (unpaired) electrons. The van der Waals surface area contributed by atoms with E-state index in [0.29, 0.717) is 5.92 Å². The lowest BCUT2D eigenvalue weighted by atomic mass is 9.89. The second-order valence-corrected chi connectivity index (χ2v) is 7.75. The number of carbonyl (C=O) groups excluding carboxylic acids is 1. The minimum Gasteiger partial charge on any atom is -0.356 e. The maximum atomic E-state index is 12.2. The van der Waals surface area contributed by atoms with Crippen molar-refractivity contribution in [1.82, 2.24) is 14.9 Å². The number of nitrogens with one attached hydrogen (secondary N) is 1. The summed E-state index contributed by atoms with van der Waals surface area (Å²) < 4.78 is 2.35. The quantitative estimate of drug-likeness (QED) is 0.762. The molecule has 0 bridgehead atoms. The number of imidazole rings is 1. The van der Waals surface area contributed by atoms with Crippen LogP contribution >= 0.6 is 0 Å². The molecule has 25 heavy (non-hydrogen) atoms. The molecule has 1 heterocycles. The Morgan fingerprint density at radius 1 is 1.24 bits per heavy atom. The lowest BCUT2D eigenvalue weighted by molar-refractivity contribution is -0.125. The summed E-state index contributed by atoms with van der Waals surface area (Å²) in [6, 6.07) is 8.36. The second-order valence-electron chi connectivity index (χ2n) is 7.75. The van der Waals surface area contributed by atoms with E-state index in [0.717, 1.165) is 50.1 Å². The molecule has 4 nitrogen and oxygen atoms in total. The highest BCUT2D eigenvalue weighted by molar-refractivity contribution is 5.78. The third kappa shape index (κ3) is 4.62. The van der Waals surface area contributed by atoms with Crippen molar-refractivity contribution in [3.8, 4) is 0 Å². The summed E-state index contributed by atoms with van der Waals surface area (Å²) in [4.78, 5) is 17.1. The van der Waals surface area contributed by atoms with E-state index in [-0.39, 0.29) is 11.8 Å². The molecule has 1 aliphatic carbocycles. The fourth-order valence-corrected chi connectivity index (χ4v) is 3.85. The smallest absolute Gasteiger partial charge is 0.223 e. The van der Waals surface area contributed by atoms with Gasteiger partial charge in [-0.15, -0.1) is 0 Å². The first-order valence-corrected chi connectivity index (χ1v) is 9.87. The van der Waals surface area contributed by atoms with Gasteiger partial charge in [0.05, 0.1) is 11.0 Å². The van der Waals surface area contributed by atoms with Crippen molar-refractivity contribution in [3.05, 3.63) is 30.1 Å². The first kappa shape index (κ1) is 18.0. The number of carbonyl (C=O) groups is 1. The number of benzene rings is 1. The highest BCUT2D eigenvalue weighted by atomic mass is 16.1. The minimum atomic E-state index is 0.249. The summed E-state index contributed by atoms with van der Waals surface area (Å²) in [7, 11) is 0. The van der Waals surface area contributed by atoms with Gasteiger partial charge in [-0.25, -0.2) is 4.98 Å². The molecule has 1 aromatic carbocycles. The molecule has 0 unspecified atom stereocenters. The molecule has 1 aromatic heterocycles. The van der Waals surface area contributed by atoms with Gasteiger partial charge in [0.25, 0.3) is 0 Å². The number of amides is 1. The van der Waals surface area contributed by atoms with Gasteiger partial charge in [0.2, 0.25) is 5.91 Å². The van der Waals surface area contributed by atoms with Crippen LogP contribution in [0.3, 0.4) is 0 Å². The molecule has 4 heteroatoms. The molecule has 1 aliphatic rings. The average molecular weight is 341 g/mol. The Bertz CT molecular complexity index is 698. The topological polar surface area (TPSA) is 46.9 Å². The van der Waals surface area contributed by atoms with Crippen LogP contribution in [0.2, 0.25) is 0 Å². The third-order valence-electron chi connectivity index (χ3n) is 5.13. The monoisotopic (exact) mass is 341 g/mol. The first-order chi connectivity index (χ1) is 12.1. The predicted molar refractivity (Wildman–Crippen MR) is 102 cm³/mol. The van der Waals surface area contributed by atoms with Crippen molar-refractivity contribution in [2.75, 3.05) is 6.54 Å². The minimum absolute atomic E-state index is 0.249. The number of rotatable bonds is 7. The maximum Gasteiger partial charge on any atom is 0.223 e. The summed E-state index contributed by atoms with van der Waals surface area (Å²) in [5.74, 6) is 2.24. The predicted octanol–water partition coefficient (Wildman–Crippen LogP) is 4.32. The Morgan fingerprint density at radius 3 is 2.76 bits per heavy atom. The fraction of sp³-hybridized carbons (Fsp3) is 0.619. The van der Waals surface area contributed by atoms with Crippen LogP contribution in [0.1, 0.15) is 58.2 Å². The first-order valence-electron chi connectivity index (χ1n) is 9.87. The Kier molecular flexibility index (Phi) is 6.11. The molecule has 3 rings (SSSR count). The standard InChI is InChI=1S/C21H31N3O/c1-16(2)15-24-19-12-7-6-11-18(19)23-20(24)13-8-14-22-21(25)17-9-4-3-5-10-17/h6-7,11-12,16-17H,3-5,8-10,13-15H2,1-2H3,(H,22,25). The molecule has 0 saturated heterocycles. The number of aromatic nitrogens is 2. The SMILES string of the molecule is CC(C)Cn1c(CCCNC(=O)C2CCCCC2)nc2ccccc21. The van der Waals surface area contributed by atoms with E-state index in [9.17, 15) is 4.79 Å². The molecule has 1 N–H and O–H groups in total. The number of hydrogen-bond donors (Lipinski definition) is 1. The van der Waals surface area contributed by atoms with Crippen LogP contribution in [0.25, 0.3) is 11.0 Å². The van der Waals surface area contributed by atoms with E-state index in [1.54, 1.807) is 0 Å². The Hall–Kier alpha value is -1.84. The van der Waals surface area contributed by atoms with E-state index < -0.39 is 0 Å². The van der Waals surface area contributed by atoms with Gasteiger partial charge in [-0.05, 0) is 37.3 Å². The van der Waals surface area contributed by atoms with Crippen LogP contribution in [-0.4, -0.2) is 22.0 Å². The van der Waals surface area contributed by atoms with Gasteiger partial charge in [-0.3, -0.25) is 4.79 Å². The molecule has 0 spiro atoms. The summed E-state index contributed by atoms with van der Waals surface area (Å²) in [6.45, 7) is 6.22. The van der Waals surface area contributed by atoms with Crippen molar-refractivity contribution >= 4 is 16.9 Å². The molecular weight excluding hydrogens is 310 g/mol. The number of aryl methyl sites for hydroxylation is 1. The second kappa shape index (κ2) is 8.50. The van der Waals surface area contributed by atoms with Gasteiger partial charge in [0.1, 0.15) is 5.82 Å². The van der Waals surface area contributed by atoms with Crippen molar-refractivity contribution < 1.29 is 4.79 Å². The lowest BCUT2D eigenvalue weighted by Gasteiger charge is -2.20. The molecule has 1 amide bonds. The highest BCUT2D eigenvalue weighted by Crippen LogP contribution is 2.23. The number of hydrogen-bond acceptors (Lipinski definition) is 2. The van der Waals surface area contributed by atoms with Gasteiger partial charge >= 0.3 is 0 Å². The summed E-state index contributed by atoms with van der Waals surface area (Å²) in [6.07, 6.45) is 7.68. The van der Waals surface area contributed by atoms with E-state index in [1.165, 1.54) is 24.8 Å². The van der Waals surface area contributed by atoms with Gasteiger partial charge in [0.15, 0.2) is 0 Å². The van der Waals surface area contributed by atoms with Crippen LogP contribution in [0.5, 0.6) is 0 Å². The zero-order chi connectivity index (χ0) is 17.6. The molecule has 0 atom stereocenters. The Labute approximate surface area is 151 Å². The largest absolute Gasteiger partial charge is 0.356 e. The molecule has 0 aliphatic heterocycles. The molecule has 1 fully saturated rings. The van der Waals surface area contributed by atoms with Crippen LogP contribution in [0.4, 0.5) is 0 Å². The van der Waals surface area contributed by atoms with E-state index in [4.69, 9.17) is 4.98 Å². The summed E-state index contributed by atoms with van der Waals surface area (Å²) in [5, 5.41) is 3.14. The summed E-state index contributed by atoms with van der Waals surface area (Å²) >= 11 is 0. The molecule has 136 valence electrons. The number of nitrogens with zero attached hydrogens (tertiary/aromatic N) is 2. The van der Waals surface area contributed by atoms with Crippen molar-refractivity contribution in [2.45, 2.75) is 65.3 Å². The van der Waals surface area contributed by atoms with Crippen LogP contribution in [-0.2, 0) is 17.8 Å².